The number of rotatable bonds is 3. The van der Waals surface area contributed by atoms with E-state index in [1.807, 2.05) is 18.2 Å². The molecular weight excluding hydrogens is 358 g/mol. The molecule has 2 heterocycles. The van der Waals surface area contributed by atoms with Gasteiger partial charge in [-0.15, -0.1) is 0 Å². The van der Waals surface area contributed by atoms with Crippen LogP contribution >= 0.6 is 0 Å². The van der Waals surface area contributed by atoms with E-state index in [1.54, 1.807) is 0 Å². The van der Waals surface area contributed by atoms with Gasteiger partial charge in [-0.3, -0.25) is 4.79 Å². The van der Waals surface area contributed by atoms with Gasteiger partial charge in [-0.2, -0.15) is 0 Å². The van der Waals surface area contributed by atoms with Crippen LogP contribution in [0.3, 0.4) is 0 Å². The molecule has 0 spiro atoms. The smallest absolute Gasteiger partial charge is 0.309 e. The first-order valence-corrected chi connectivity index (χ1v) is 11.1. The number of ether oxygens (including phenoxy) is 1. The Balaban J connectivity index is 1.44. The summed E-state index contributed by atoms with van der Waals surface area (Å²) in [5.41, 5.74) is 3.12. The maximum Gasteiger partial charge on any atom is 0.309 e. The fourth-order valence-corrected chi connectivity index (χ4v) is 6.11. The Morgan fingerprint density at radius 2 is 1.86 bits per heavy atom. The van der Waals surface area contributed by atoms with E-state index in [9.17, 15) is 4.79 Å². The zero-order valence-corrected chi connectivity index (χ0v) is 17.0. The van der Waals surface area contributed by atoms with Gasteiger partial charge in [-0.25, -0.2) is 4.98 Å². The monoisotopic (exact) mass is 387 g/mol. The van der Waals surface area contributed by atoms with Crippen LogP contribution in [0.5, 0.6) is 0 Å². The second kappa shape index (κ2) is 7.78. The first-order valence-electron chi connectivity index (χ1n) is 11.1. The highest BCUT2D eigenvalue weighted by Crippen LogP contribution is 2.53. The molecular formula is C26H29NO2. The SMILES string of the molecule is C[C@@H]1OC(=O)[C@H]2C[C@H]3CCCC[C@@H]3[C@@H](/C=C/c3cccc(-c4ccccc4)n3)[C@@H]12. The summed E-state index contributed by atoms with van der Waals surface area (Å²) in [6.07, 6.45) is 10.8. The molecule has 1 aromatic carbocycles. The maximum absolute atomic E-state index is 12.5. The molecule has 1 saturated heterocycles. The number of hydrogen-bond donors (Lipinski definition) is 0. The highest BCUT2D eigenvalue weighted by atomic mass is 16.6. The number of hydrogen-bond acceptors (Lipinski definition) is 3. The highest BCUT2D eigenvalue weighted by Gasteiger charge is 2.53. The second-order valence-electron chi connectivity index (χ2n) is 9.02. The number of esters is 1. The summed E-state index contributed by atoms with van der Waals surface area (Å²) in [5.74, 6) is 2.19. The third-order valence-corrected chi connectivity index (χ3v) is 7.40. The number of pyridine rings is 1. The molecule has 0 bridgehead atoms. The fourth-order valence-electron chi connectivity index (χ4n) is 6.11. The van der Waals surface area contributed by atoms with Crippen LogP contribution in [0.2, 0.25) is 0 Å². The third kappa shape index (κ3) is 3.52. The van der Waals surface area contributed by atoms with Crippen molar-refractivity contribution in [2.75, 3.05) is 0 Å². The summed E-state index contributed by atoms with van der Waals surface area (Å²) in [6, 6.07) is 16.5. The third-order valence-electron chi connectivity index (χ3n) is 7.40. The number of benzene rings is 1. The number of fused-ring (bicyclic) bond motifs is 2. The van der Waals surface area contributed by atoms with Crippen LogP contribution in [-0.4, -0.2) is 17.1 Å². The van der Waals surface area contributed by atoms with Gasteiger partial charge in [0.1, 0.15) is 6.10 Å². The van der Waals surface area contributed by atoms with E-state index in [0.717, 1.165) is 23.4 Å². The minimum Gasteiger partial charge on any atom is -0.462 e. The standard InChI is InChI=1S/C26H29NO2/c1-17-25-22(21-12-6-5-10-19(21)16-23(25)26(28)29-17)15-14-20-11-7-13-24(27-20)18-8-3-2-4-9-18/h2-4,7-9,11,13-15,17,19,21-23,25H,5-6,10,12,16H2,1H3/b15-14+/t17-,19+,21-,22+,23-,25+/m0/s1. The lowest BCUT2D eigenvalue weighted by Gasteiger charge is -2.45. The average molecular weight is 388 g/mol. The van der Waals surface area contributed by atoms with Gasteiger partial charge < -0.3 is 4.74 Å². The lowest BCUT2D eigenvalue weighted by Crippen LogP contribution is -2.42. The van der Waals surface area contributed by atoms with E-state index in [4.69, 9.17) is 9.72 Å². The molecule has 29 heavy (non-hydrogen) atoms. The van der Waals surface area contributed by atoms with Gasteiger partial charge in [0.05, 0.1) is 17.3 Å². The Labute approximate surface area is 173 Å². The van der Waals surface area contributed by atoms with E-state index >= 15 is 0 Å². The molecule has 5 rings (SSSR count). The quantitative estimate of drug-likeness (QED) is 0.628. The van der Waals surface area contributed by atoms with Gasteiger partial charge in [0.15, 0.2) is 0 Å². The van der Waals surface area contributed by atoms with Crippen LogP contribution in [0.4, 0.5) is 0 Å². The first-order chi connectivity index (χ1) is 14.2. The Hall–Kier alpha value is -2.42. The average Bonchev–Trinajstić information content (AvgIpc) is 3.05. The molecule has 0 unspecified atom stereocenters. The maximum atomic E-state index is 12.5. The van der Waals surface area contributed by atoms with Gasteiger partial charge in [-0.1, -0.05) is 61.7 Å². The van der Waals surface area contributed by atoms with Crippen molar-refractivity contribution in [1.82, 2.24) is 4.98 Å². The predicted molar refractivity (Wildman–Crippen MR) is 115 cm³/mol. The van der Waals surface area contributed by atoms with Crippen molar-refractivity contribution in [1.29, 1.82) is 0 Å². The summed E-state index contributed by atoms with van der Waals surface area (Å²) in [6.45, 7) is 2.08. The van der Waals surface area contributed by atoms with Crippen molar-refractivity contribution in [3.63, 3.8) is 0 Å². The minimum absolute atomic E-state index is 0.0219. The summed E-state index contributed by atoms with van der Waals surface area (Å²) in [7, 11) is 0. The van der Waals surface area contributed by atoms with Crippen LogP contribution in [0.15, 0.2) is 54.6 Å². The van der Waals surface area contributed by atoms with E-state index in [0.29, 0.717) is 23.7 Å². The van der Waals surface area contributed by atoms with Crippen LogP contribution in [0.1, 0.15) is 44.7 Å². The van der Waals surface area contributed by atoms with Crippen molar-refractivity contribution >= 4 is 12.0 Å². The molecule has 2 aliphatic carbocycles. The zero-order chi connectivity index (χ0) is 19.8. The van der Waals surface area contributed by atoms with Crippen LogP contribution in [0, 0.1) is 29.6 Å². The van der Waals surface area contributed by atoms with Gasteiger partial charge in [0, 0.05) is 11.5 Å². The Morgan fingerprint density at radius 1 is 1.03 bits per heavy atom. The van der Waals surface area contributed by atoms with Crippen molar-refractivity contribution in [2.45, 2.75) is 45.1 Å². The predicted octanol–water partition coefficient (Wildman–Crippen LogP) is 5.77. The van der Waals surface area contributed by atoms with Crippen molar-refractivity contribution < 1.29 is 9.53 Å². The molecule has 3 nitrogen and oxygen atoms in total. The molecule has 2 aromatic rings. The van der Waals surface area contributed by atoms with Gasteiger partial charge in [0.25, 0.3) is 0 Å². The molecule has 3 heteroatoms. The molecule has 0 radical (unpaired) electrons. The van der Waals surface area contributed by atoms with Crippen LogP contribution in [0.25, 0.3) is 17.3 Å². The molecule has 6 atom stereocenters. The summed E-state index contributed by atoms with van der Waals surface area (Å²) in [5, 5.41) is 0. The van der Waals surface area contributed by atoms with Crippen LogP contribution < -0.4 is 0 Å². The van der Waals surface area contributed by atoms with Crippen LogP contribution in [-0.2, 0) is 9.53 Å². The van der Waals surface area contributed by atoms with Crippen molar-refractivity contribution in [2.24, 2.45) is 29.6 Å². The lowest BCUT2D eigenvalue weighted by molar-refractivity contribution is -0.144. The van der Waals surface area contributed by atoms with E-state index in [2.05, 4.69) is 49.4 Å². The topological polar surface area (TPSA) is 39.2 Å². The molecule has 0 amide bonds. The lowest BCUT2D eigenvalue weighted by atomic mass is 9.57. The summed E-state index contributed by atoms with van der Waals surface area (Å²) in [4.78, 5) is 17.3. The summed E-state index contributed by atoms with van der Waals surface area (Å²) >= 11 is 0. The van der Waals surface area contributed by atoms with Gasteiger partial charge in [-0.05, 0) is 55.7 Å². The Bertz CT molecular complexity index is 906. The number of carbonyl (C=O) groups excluding carboxylic acids is 1. The molecule has 1 aromatic heterocycles. The molecule has 0 N–H and O–H groups in total. The van der Waals surface area contributed by atoms with Crippen molar-refractivity contribution in [3.8, 4) is 11.3 Å². The first kappa shape index (κ1) is 18.6. The van der Waals surface area contributed by atoms with E-state index < -0.39 is 0 Å². The number of allylic oxidation sites excluding steroid dienone is 1. The van der Waals surface area contributed by atoms with Gasteiger partial charge in [0.2, 0.25) is 0 Å². The molecule has 2 saturated carbocycles. The molecule has 1 aliphatic heterocycles. The molecule has 150 valence electrons. The highest BCUT2D eigenvalue weighted by molar-refractivity contribution is 5.75. The molecule has 3 fully saturated rings. The van der Waals surface area contributed by atoms with E-state index in [-0.39, 0.29) is 18.0 Å². The summed E-state index contributed by atoms with van der Waals surface area (Å²) < 4.78 is 5.69. The number of carbonyl (C=O) groups is 1. The largest absolute Gasteiger partial charge is 0.462 e. The van der Waals surface area contributed by atoms with E-state index in [1.165, 1.54) is 25.7 Å². The Kier molecular flexibility index (Phi) is 4.99. The zero-order valence-electron chi connectivity index (χ0n) is 17.0. The van der Waals surface area contributed by atoms with Gasteiger partial charge >= 0.3 is 5.97 Å². The molecule has 3 aliphatic rings. The number of aromatic nitrogens is 1. The van der Waals surface area contributed by atoms with Crippen molar-refractivity contribution in [3.05, 3.63) is 60.3 Å². The number of cyclic esters (lactones) is 1. The minimum atomic E-state index is 0.0219. The normalized spacial score (nSPS) is 33.9. The number of nitrogens with zero attached hydrogens (tertiary/aromatic N) is 1. The second-order valence-corrected chi connectivity index (χ2v) is 9.02. The fraction of sp³-hybridized carbons (Fsp3) is 0.462. The Morgan fingerprint density at radius 3 is 2.72 bits per heavy atom.